The highest BCUT2D eigenvalue weighted by atomic mass is 16.1. The maximum absolute atomic E-state index is 13.4. The van der Waals surface area contributed by atoms with Gasteiger partial charge in [0.2, 0.25) is 0 Å². The zero-order valence-electron chi connectivity index (χ0n) is 17.9. The molecule has 0 aliphatic rings. The Balaban J connectivity index is 5.39. The predicted octanol–water partition coefficient (Wildman–Crippen LogP) is 8.28. The van der Waals surface area contributed by atoms with Gasteiger partial charge in [0.1, 0.15) is 5.78 Å². The van der Waals surface area contributed by atoms with E-state index in [2.05, 4.69) is 40.3 Å². The van der Waals surface area contributed by atoms with Gasteiger partial charge in [-0.15, -0.1) is 6.58 Å². The molecule has 2 atom stereocenters. The highest BCUT2D eigenvalue weighted by Gasteiger charge is 2.42. The van der Waals surface area contributed by atoms with Gasteiger partial charge in [-0.2, -0.15) is 0 Å². The summed E-state index contributed by atoms with van der Waals surface area (Å²) >= 11 is 0. The fourth-order valence-corrected chi connectivity index (χ4v) is 4.42. The lowest BCUT2D eigenvalue weighted by atomic mass is 9.62. The van der Waals surface area contributed by atoms with E-state index in [1.54, 1.807) is 0 Å². The van der Waals surface area contributed by atoms with Crippen molar-refractivity contribution in [3.63, 3.8) is 0 Å². The Morgan fingerprint density at radius 1 is 0.840 bits per heavy atom. The minimum atomic E-state index is -0.0837. The molecule has 2 unspecified atom stereocenters. The molecule has 25 heavy (non-hydrogen) atoms. The van der Waals surface area contributed by atoms with Crippen molar-refractivity contribution < 1.29 is 4.79 Å². The van der Waals surface area contributed by atoms with Gasteiger partial charge in [-0.3, -0.25) is 4.79 Å². The first-order valence-corrected chi connectivity index (χ1v) is 11.3. The Hall–Kier alpha value is -0.590. The maximum Gasteiger partial charge on any atom is 0.139 e. The monoisotopic (exact) mass is 350 g/mol. The zero-order chi connectivity index (χ0) is 19.0. The standard InChI is InChI=1S/C24H46O/c1-6-11-14-18-22(17-9-4)24(20-10-5,21-16-13-8-3)23(25)19-15-12-7-2/h9,22H,4,6-8,10-21H2,1-3,5H3. The van der Waals surface area contributed by atoms with Gasteiger partial charge in [-0.1, -0.05) is 91.6 Å². The third kappa shape index (κ3) is 9.06. The minimum Gasteiger partial charge on any atom is -0.299 e. The number of rotatable bonds is 18. The number of unbranched alkanes of at least 4 members (excludes halogenated alkanes) is 6. The Labute approximate surface area is 159 Å². The van der Waals surface area contributed by atoms with Crippen LogP contribution in [0.25, 0.3) is 0 Å². The quantitative estimate of drug-likeness (QED) is 0.179. The molecule has 0 bridgehead atoms. The van der Waals surface area contributed by atoms with Crippen LogP contribution < -0.4 is 0 Å². The van der Waals surface area contributed by atoms with Gasteiger partial charge in [0.05, 0.1) is 0 Å². The summed E-state index contributed by atoms with van der Waals surface area (Å²) in [5, 5.41) is 0. The molecule has 0 saturated heterocycles. The molecule has 1 nitrogen and oxygen atoms in total. The van der Waals surface area contributed by atoms with Gasteiger partial charge < -0.3 is 0 Å². The minimum absolute atomic E-state index is 0.0837. The number of carbonyl (C=O) groups is 1. The molecule has 0 saturated carbocycles. The van der Waals surface area contributed by atoms with Gasteiger partial charge in [0.15, 0.2) is 0 Å². The first-order valence-electron chi connectivity index (χ1n) is 11.3. The van der Waals surface area contributed by atoms with Gasteiger partial charge in [-0.05, 0) is 38.0 Å². The van der Waals surface area contributed by atoms with Crippen LogP contribution in [0.1, 0.15) is 124 Å². The van der Waals surface area contributed by atoms with Crippen LogP contribution in [0.2, 0.25) is 0 Å². The van der Waals surface area contributed by atoms with E-state index in [9.17, 15) is 4.79 Å². The summed E-state index contributed by atoms with van der Waals surface area (Å²) in [5.74, 6) is 1.07. The second-order valence-corrected chi connectivity index (χ2v) is 7.96. The molecule has 0 fully saturated rings. The Kier molecular flexibility index (Phi) is 15.3. The number of carbonyl (C=O) groups excluding carboxylic acids is 1. The van der Waals surface area contributed by atoms with Crippen molar-refractivity contribution in [3.8, 4) is 0 Å². The first-order chi connectivity index (χ1) is 12.1. The molecule has 0 aromatic heterocycles. The van der Waals surface area contributed by atoms with Crippen LogP contribution in [-0.2, 0) is 4.79 Å². The van der Waals surface area contributed by atoms with E-state index in [1.165, 1.54) is 57.8 Å². The third-order valence-corrected chi connectivity index (χ3v) is 5.87. The molecule has 0 aromatic rings. The lowest BCUT2D eigenvalue weighted by Gasteiger charge is -2.40. The van der Waals surface area contributed by atoms with Gasteiger partial charge in [0.25, 0.3) is 0 Å². The Bertz CT molecular complexity index is 333. The lowest BCUT2D eigenvalue weighted by Crippen LogP contribution is -2.39. The van der Waals surface area contributed by atoms with Crippen LogP contribution in [0.5, 0.6) is 0 Å². The van der Waals surface area contributed by atoms with Crippen molar-refractivity contribution in [2.45, 2.75) is 124 Å². The summed E-state index contributed by atoms with van der Waals surface area (Å²) in [7, 11) is 0. The molecule has 0 aliphatic heterocycles. The van der Waals surface area contributed by atoms with Crippen LogP contribution in [0, 0.1) is 11.3 Å². The Morgan fingerprint density at radius 3 is 2.00 bits per heavy atom. The first kappa shape index (κ1) is 24.4. The highest BCUT2D eigenvalue weighted by Crippen LogP contribution is 2.45. The van der Waals surface area contributed by atoms with Crippen molar-refractivity contribution in [1.82, 2.24) is 0 Å². The largest absolute Gasteiger partial charge is 0.299 e. The number of hydrogen-bond acceptors (Lipinski definition) is 1. The van der Waals surface area contributed by atoms with E-state index < -0.39 is 0 Å². The van der Waals surface area contributed by atoms with Crippen molar-refractivity contribution in [1.29, 1.82) is 0 Å². The van der Waals surface area contributed by atoms with E-state index in [0.717, 1.165) is 38.5 Å². The predicted molar refractivity (Wildman–Crippen MR) is 113 cm³/mol. The Morgan fingerprint density at radius 2 is 1.44 bits per heavy atom. The summed E-state index contributed by atoms with van der Waals surface area (Å²) in [6, 6.07) is 0. The SMILES string of the molecule is C=CCC(CCCCC)C(CCC)(CCCCC)C(=O)CCCCC. The molecular formula is C24H46O. The lowest BCUT2D eigenvalue weighted by molar-refractivity contribution is -0.134. The molecule has 0 N–H and O–H groups in total. The van der Waals surface area contributed by atoms with Crippen LogP contribution in [-0.4, -0.2) is 5.78 Å². The van der Waals surface area contributed by atoms with Gasteiger partial charge in [0, 0.05) is 11.8 Å². The van der Waals surface area contributed by atoms with Crippen molar-refractivity contribution in [3.05, 3.63) is 12.7 Å². The molecule has 1 heteroatoms. The summed E-state index contributed by atoms with van der Waals surface area (Å²) < 4.78 is 0. The van der Waals surface area contributed by atoms with E-state index >= 15 is 0 Å². The average Bonchev–Trinajstić information content (AvgIpc) is 2.60. The fraction of sp³-hybridized carbons (Fsp3) is 0.875. The molecule has 0 amide bonds. The molecular weight excluding hydrogens is 304 g/mol. The van der Waals surface area contributed by atoms with Crippen molar-refractivity contribution in [2.75, 3.05) is 0 Å². The number of hydrogen-bond donors (Lipinski definition) is 0. The third-order valence-electron chi connectivity index (χ3n) is 5.87. The average molecular weight is 351 g/mol. The fourth-order valence-electron chi connectivity index (χ4n) is 4.42. The smallest absolute Gasteiger partial charge is 0.139 e. The zero-order valence-corrected chi connectivity index (χ0v) is 17.9. The number of ketones is 1. The highest BCUT2D eigenvalue weighted by molar-refractivity contribution is 5.85. The maximum atomic E-state index is 13.4. The molecule has 0 aromatic carbocycles. The second-order valence-electron chi connectivity index (χ2n) is 7.96. The van der Waals surface area contributed by atoms with E-state index in [4.69, 9.17) is 0 Å². The van der Waals surface area contributed by atoms with E-state index in [-0.39, 0.29) is 5.41 Å². The van der Waals surface area contributed by atoms with E-state index in [0.29, 0.717) is 11.7 Å². The second kappa shape index (κ2) is 15.6. The summed E-state index contributed by atoms with van der Waals surface area (Å²) in [5.41, 5.74) is -0.0837. The van der Waals surface area contributed by atoms with Crippen LogP contribution >= 0.6 is 0 Å². The number of Topliss-reactive ketones (excluding diaryl/α,β-unsaturated/α-hetero) is 1. The molecule has 0 heterocycles. The molecule has 148 valence electrons. The summed E-state index contributed by atoms with van der Waals surface area (Å²) in [6.07, 6.45) is 19.3. The normalized spacial score (nSPS) is 14.9. The van der Waals surface area contributed by atoms with Crippen LogP contribution in [0.15, 0.2) is 12.7 Å². The molecule has 0 spiro atoms. The van der Waals surface area contributed by atoms with E-state index in [1.807, 2.05) is 0 Å². The van der Waals surface area contributed by atoms with Crippen LogP contribution in [0.4, 0.5) is 0 Å². The molecule has 0 aliphatic carbocycles. The number of allylic oxidation sites excluding steroid dienone is 1. The summed E-state index contributed by atoms with van der Waals surface area (Å²) in [6.45, 7) is 13.0. The van der Waals surface area contributed by atoms with Gasteiger partial charge in [-0.25, -0.2) is 0 Å². The van der Waals surface area contributed by atoms with Gasteiger partial charge >= 0.3 is 0 Å². The van der Waals surface area contributed by atoms with Crippen LogP contribution in [0.3, 0.4) is 0 Å². The summed E-state index contributed by atoms with van der Waals surface area (Å²) in [4.78, 5) is 13.4. The van der Waals surface area contributed by atoms with Crippen molar-refractivity contribution >= 4 is 5.78 Å². The molecule has 0 rings (SSSR count). The van der Waals surface area contributed by atoms with Crippen molar-refractivity contribution in [2.24, 2.45) is 11.3 Å². The topological polar surface area (TPSA) is 17.1 Å². The molecule has 0 radical (unpaired) electrons.